The number of hydrogen-bond acceptors (Lipinski definition) is 4. The Bertz CT molecular complexity index is 649. The average Bonchev–Trinajstić information content (AvgIpc) is 2.72. The molecule has 2 heterocycles. The number of rotatable bonds is 7. The van der Waals surface area contributed by atoms with Crippen molar-refractivity contribution >= 4 is 11.9 Å². The average molecular weight is 392 g/mol. The molecule has 0 aromatic heterocycles. The van der Waals surface area contributed by atoms with Crippen molar-refractivity contribution in [2.45, 2.75) is 25.3 Å². The number of benzene rings is 1. The first-order chi connectivity index (χ1) is 13.6. The van der Waals surface area contributed by atoms with E-state index in [0.29, 0.717) is 25.2 Å². The van der Waals surface area contributed by atoms with Crippen LogP contribution in [-0.2, 0) is 9.53 Å². The van der Waals surface area contributed by atoms with Gasteiger partial charge in [0.2, 0.25) is 5.91 Å². The quantitative estimate of drug-likeness (QED) is 0.690. The van der Waals surface area contributed by atoms with Crippen molar-refractivity contribution in [3.63, 3.8) is 0 Å². The van der Waals surface area contributed by atoms with E-state index in [2.05, 4.69) is 15.5 Å². The maximum atomic E-state index is 13.2. The van der Waals surface area contributed by atoms with Gasteiger partial charge in [-0.1, -0.05) is 18.6 Å². The summed E-state index contributed by atoms with van der Waals surface area (Å²) in [6.45, 7) is 6.12. The Kier molecular flexibility index (Phi) is 7.62. The number of ether oxygens (including phenoxy) is 1. The number of hydrogen-bond donors (Lipinski definition) is 2. The van der Waals surface area contributed by atoms with Gasteiger partial charge in [-0.05, 0) is 37.1 Å². The Hall–Kier alpha value is -2.19. The number of morpholine rings is 1. The van der Waals surface area contributed by atoms with Crippen LogP contribution in [0, 0.1) is 5.82 Å². The molecule has 0 bridgehead atoms. The zero-order valence-corrected chi connectivity index (χ0v) is 16.2. The number of piperazine rings is 1. The molecule has 2 saturated heterocycles. The molecule has 8 heteroatoms. The molecule has 7 nitrogen and oxygen atoms in total. The number of carbonyl (C=O) groups excluding carboxylic acids is 2. The maximum absolute atomic E-state index is 13.2. The maximum Gasteiger partial charge on any atom is 0.318 e. The summed E-state index contributed by atoms with van der Waals surface area (Å²) in [5.41, 5.74) is 0.610. The lowest BCUT2D eigenvalue weighted by Gasteiger charge is -2.35. The summed E-state index contributed by atoms with van der Waals surface area (Å²) in [7, 11) is 0. The standard InChI is InChI=1S/C20H29FN4O3/c21-17-6-4-16(5-7-17)18-19(26)22-9-11-25(18)20(27)23-8-2-1-3-10-24-12-14-28-15-13-24/h4-7,18H,1-3,8-15H2,(H,22,26)(H,23,27)/t18-/m1/s1. The van der Waals surface area contributed by atoms with Crippen molar-refractivity contribution in [3.05, 3.63) is 35.6 Å². The fourth-order valence-corrected chi connectivity index (χ4v) is 3.62. The smallest absolute Gasteiger partial charge is 0.318 e. The SMILES string of the molecule is O=C1NCCN(C(=O)NCCCCCN2CCOCC2)[C@@H]1c1ccc(F)cc1. The van der Waals surface area contributed by atoms with Crippen LogP contribution in [0.2, 0.25) is 0 Å². The molecule has 3 amide bonds. The molecule has 0 unspecified atom stereocenters. The van der Waals surface area contributed by atoms with Crippen molar-refractivity contribution in [2.75, 3.05) is 52.5 Å². The van der Waals surface area contributed by atoms with E-state index < -0.39 is 6.04 Å². The molecular formula is C20H29FN4O3. The van der Waals surface area contributed by atoms with Gasteiger partial charge in [-0.25, -0.2) is 9.18 Å². The third kappa shape index (κ3) is 5.65. The van der Waals surface area contributed by atoms with Crippen LogP contribution >= 0.6 is 0 Å². The molecule has 2 aliphatic heterocycles. The van der Waals surface area contributed by atoms with E-state index in [1.807, 2.05) is 0 Å². The summed E-state index contributed by atoms with van der Waals surface area (Å²) in [4.78, 5) is 28.9. The van der Waals surface area contributed by atoms with Crippen LogP contribution in [0.25, 0.3) is 0 Å². The minimum Gasteiger partial charge on any atom is -0.379 e. The molecule has 3 rings (SSSR count). The van der Waals surface area contributed by atoms with E-state index in [1.54, 1.807) is 12.1 Å². The Balaban J connectivity index is 1.42. The zero-order valence-electron chi connectivity index (χ0n) is 16.2. The van der Waals surface area contributed by atoms with E-state index in [-0.39, 0.29) is 17.8 Å². The minimum atomic E-state index is -0.726. The Morgan fingerprint density at radius 1 is 1.14 bits per heavy atom. The lowest BCUT2D eigenvalue weighted by molar-refractivity contribution is -0.127. The van der Waals surface area contributed by atoms with E-state index in [0.717, 1.165) is 52.1 Å². The Labute approximate surface area is 165 Å². The second-order valence-corrected chi connectivity index (χ2v) is 7.19. The van der Waals surface area contributed by atoms with Gasteiger partial charge in [0.15, 0.2) is 0 Å². The molecule has 0 saturated carbocycles. The predicted octanol–water partition coefficient (Wildman–Crippen LogP) is 1.51. The van der Waals surface area contributed by atoms with E-state index in [1.165, 1.54) is 17.0 Å². The van der Waals surface area contributed by atoms with Gasteiger partial charge in [0.1, 0.15) is 11.9 Å². The van der Waals surface area contributed by atoms with E-state index in [4.69, 9.17) is 4.74 Å². The summed E-state index contributed by atoms with van der Waals surface area (Å²) in [5.74, 6) is -0.605. The third-order valence-electron chi connectivity index (χ3n) is 5.19. The van der Waals surface area contributed by atoms with Crippen LogP contribution < -0.4 is 10.6 Å². The first-order valence-corrected chi connectivity index (χ1v) is 10.0. The molecule has 0 spiro atoms. The first kappa shape index (κ1) is 20.5. The lowest BCUT2D eigenvalue weighted by atomic mass is 10.0. The van der Waals surface area contributed by atoms with Crippen molar-refractivity contribution in [2.24, 2.45) is 0 Å². The highest BCUT2D eigenvalue weighted by Gasteiger charge is 2.34. The van der Waals surface area contributed by atoms with Gasteiger partial charge in [-0.2, -0.15) is 0 Å². The van der Waals surface area contributed by atoms with Gasteiger partial charge in [-0.3, -0.25) is 9.69 Å². The van der Waals surface area contributed by atoms with Crippen LogP contribution in [0.4, 0.5) is 9.18 Å². The highest BCUT2D eigenvalue weighted by Crippen LogP contribution is 2.23. The number of amides is 3. The number of halogens is 1. The van der Waals surface area contributed by atoms with E-state index in [9.17, 15) is 14.0 Å². The highest BCUT2D eigenvalue weighted by molar-refractivity contribution is 5.89. The van der Waals surface area contributed by atoms with Gasteiger partial charge in [0.25, 0.3) is 0 Å². The largest absolute Gasteiger partial charge is 0.379 e. The van der Waals surface area contributed by atoms with Gasteiger partial charge in [-0.15, -0.1) is 0 Å². The Morgan fingerprint density at radius 3 is 2.64 bits per heavy atom. The molecule has 28 heavy (non-hydrogen) atoms. The Morgan fingerprint density at radius 2 is 1.89 bits per heavy atom. The minimum absolute atomic E-state index is 0.237. The van der Waals surface area contributed by atoms with Crippen molar-refractivity contribution in [1.29, 1.82) is 0 Å². The molecule has 2 fully saturated rings. The number of urea groups is 1. The van der Waals surface area contributed by atoms with Crippen molar-refractivity contribution < 1.29 is 18.7 Å². The predicted molar refractivity (Wildman–Crippen MR) is 103 cm³/mol. The first-order valence-electron chi connectivity index (χ1n) is 10.0. The van der Waals surface area contributed by atoms with Crippen molar-refractivity contribution in [1.82, 2.24) is 20.4 Å². The number of carbonyl (C=O) groups is 2. The van der Waals surface area contributed by atoms with Gasteiger partial charge in [0, 0.05) is 32.7 Å². The fourth-order valence-electron chi connectivity index (χ4n) is 3.62. The van der Waals surface area contributed by atoms with Crippen LogP contribution in [0.5, 0.6) is 0 Å². The molecule has 0 aliphatic carbocycles. The normalized spacial score (nSPS) is 20.7. The zero-order chi connectivity index (χ0) is 19.8. The molecule has 1 atom stereocenters. The lowest BCUT2D eigenvalue weighted by Crippen LogP contribution is -2.54. The van der Waals surface area contributed by atoms with Gasteiger partial charge >= 0.3 is 6.03 Å². The highest BCUT2D eigenvalue weighted by atomic mass is 19.1. The van der Waals surface area contributed by atoms with Gasteiger partial charge < -0.3 is 20.3 Å². The molecule has 1 aromatic rings. The monoisotopic (exact) mass is 392 g/mol. The van der Waals surface area contributed by atoms with Crippen molar-refractivity contribution in [3.8, 4) is 0 Å². The summed E-state index contributed by atoms with van der Waals surface area (Å²) >= 11 is 0. The number of nitrogens with zero attached hydrogens (tertiary/aromatic N) is 2. The third-order valence-corrected chi connectivity index (χ3v) is 5.19. The fraction of sp³-hybridized carbons (Fsp3) is 0.600. The van der Waals surface area contributed by atoms with Gasteiger partial charge in [0.05, 0.1) is 13.2 Å². The summed E-state index contributed by atoms with van der Waals surface area (Å²) < 4.78 is 18.5. The molecule has 1 aromatic carbocycles. The number of nitrogens with one attached hydrogen (secondary N) is 2. The molecular weight excluding hydrogens is 363 g/mol. The van der Waals surface area contributed by atoms with Crippen LogP contribution in [0.1, 0.15) is 30.9 Å². The second-order valence-electron chi connectivity index (χ2n) is 7.19. The summed E-state index contributed by atoms with van der Waals surface area (Å²) in [5, 5.41) is 5.70. The number of unbranched alkanes of at least 4 members (excludes halogenated alkanes) is 2. The second kappa shape index (κ2) is 10.4. The molecule has 2 aliphatic rings. The van der Waals surface area contributed by atoms with Crippen LogP contribution in [-0.4, -0.2) is 74.2 Å². The molecule has 154 valence electrons. The van der Waals surface area contributed by atoms with Crippen LogP contribution in [0.15, 0.2) is 24.3 Å². The molecule has 2 N–H and O–H groups in total. The molecule has 0 radical (unpaired) electrons. The van der Waals surface area contributed by atoms with Crippen LogP contribution in [0.3, 0.4) is 0 Å². The summed E-state index contributed by atoms with van der Waals surface area (Å²) in [6.07, 6.45) is 3.04. The summed E-state index contributed by atoms with van der Waals surface area (Å²) in [6, 6.07) is 4.74. The van der Waals surface area contributed by atoms with E-state index >= 15 is 0 Å². The topological polar surface area (TPSA) is 73.9 Å².